The van der Waals surface area contributed by atoms with Crippen molar-refractivity contribution >= 4 is 70.4 Å². The minimum absolute atomic E-state index is 0.0617. The first-order valence-electron chi connectivity index (χ1n) is 16.6. The molecule has 0 atom stereocenters. The highest BCUT2D eigenvalue weighted by Crippen LogP contribution is 2.51. The van der Waals surface area contributed by atoms with Crippen molar-refractivity contribution in [2.75, 3.05) is 4.90 Å². The number of fused-ring (bicyclic) bond motifs is 9. The summed E-state index contributed by atoms with van der Waals surface area (Å²) < 4.78 is 5.00. The first kappa shape index (κ1) is 27.5. The Balaban J connectivity index is 1.12. The van der Waals surface area contributed by atoms with E-state index in [1.165, 1.54) is 75.6 Å². The van der Waals surface area contributed by atoms with E-state index in [4.69, 9.17) is 0 Å². The second-order valence-electron chi connectivity index (χ2n) is 13.4. The molecule has 0 unspecified atom stereocenters. The molecule has 3 heteroatoms. The summed E-state index contributed by atoms with van der Waals surface area (Å²) in [6.45, 7) is 4.70. The van der Waals surface area contributed by atoms with Crippen molar-refractivity contribution in [2.24, 2.45) is 0 Å². The Labute approximate surface area is 283 Å². The molecule has 48 heavy (non-hydrogen) atoms. The molecule has 2 heterocycles. The zero-order valence-electron chi connectivity index (χ0n) is 26.8. The highest BCUT2D eigenvalue weighted by Gasteiger charge is 2.35. The normalized spacial score (nSPS) is 13.4. The molecule has 0 amide bonds. The van der Waals surface area contributed by atoms with Crippen LogP contribution < -0.4 is 4.90 Å². The Hall–Kier alpha value is -5.64. The Kier molecular flexibility index (Phi) is 5.82. The molecule has 9 aromatic rings. The van der Waals surface area contributed by atoms with Crippen molar-refractivity contribution in [1.82, 2.24) is 4.57 Å². The summed E-state index contributed by atoms with van der Waals surface area (Å²) in [5, 5.41) is 5.16. The average molecular weight is 633 g/mol. The van der Waals surface area contributed by atoms with Crippen LogP contribution in [0.4, 0.5) is 17.1 Å². The standard InChI is InChI=1S/C45H32N2S/c1-45(2)39-17-9-6-14-33(39)34-23-20-31(27-40(34)45)46(29-12-4-3-5-13-29)32-21-24-37-38-26-30(22-25-43(38)48-44(37)28-32)47-41-18-10-7-15-35(41)36-16-8-11-19-42(36)47/h3-28H,1-2H3. The molecule has 0 fully saturated rings. The lowest BCUT2D eigenvalue weighted by molar-refractivity contribution is 0.660. The number of nitrogens with zero attached hydrogens (tertiary/aromatic N) is 2. The van der Waals surface area contributed by atoms with Gasteiger partial charge in [0.1, 0.15) is 0 Å². The number of rotatable bonds is 4. The van der Waals surface area contributed by atoms with Gasteiger partial charge in [0.2, 0.25) is 0 Å². The van der Waals surface area contributed by atoms with E-state index >= 15 is 0 Å². The molecular formula is C45H32N2S. The van der Waals surface area contributed by atoms with Crippen molar-refractivity contribution < 1.29 is 0 Å². The second-order valence-corrected chi connectivity index (χ2v) is 14.5. The van der Waals surface area contributed by atoms with Crippen LogP contribution in [0.3, 0.4) is 0 Å². The number of hydrogen-bond donors (Lipinski definition) is 0. The quantitative estimate of drug-likeness (QED) is 0.187. The third kappa shape index (κ3) is 3.92. The van der Waals surface area contributed by atoms with Gasteiger partial charge >= 0.3 is 0 Å². The minimum atomic E-state index is -0.0617. The van der Waals surface area contributed by atoms with E-state index in [1.54, 1.807) is 0 Å². The Morgan fingerprint density at radius 2 is 1.10 bits per heavy atom. The summed E-state index contributed by atoms with van der Waals surface area (Å²) in [6.07, 6.45) is 0. The fraction of sp³-hybridized carbons (Fsp3) is 0.0667. The zero-order valence-corrected chi connectivity index (χ0v) is 27.6. The zero-order chi connectivity index (χ0) is 32.0. The highest BCUT2D eigenvalue weighted by atomic mass is 32.1. The number of para-hydroxylation sites is 3. The fourth-order valence-corrected chi connectivity index (χ4v) is 9.21. The largest absolute Gasteiger partial charge is 0.310 e. The molecule has 2 nitrogen and oxygen atoms in total. The minimum Gasteiger partial charge on any atom is -0.310 e. The van der Waals surface area contributed by atoms with Gasteiger partial charge in [-0.25, -0.2) is 0 Å². The lowest BCUT2D eigenvalue weighted by Gasteiger charge is -2.28. The van der Waals surface area contributed by atoms with Gasteiger partial charge < -0.3 is 9.47 Å². The third-order valence-corrected chi connectivity index (χ3v) is 11.5. The lowest BCUT2D eigenvalue weighted by atomic mass is 9.82. The first-order valence-corrected chi connectivity index (χ1v) is 17.4. The van der Waals surface area contributed by atoms with Gasteiger partial charge in [-0.1, -0.05) is 105 Å². The summed E-state index contributed by atoms with van der Waals surface area (Å²) in [7, 11) is 0. The average Bonchev–Trinajstić information content (AvgIpc) is 3.74. The summed E-state index contributed by atoms with van der Waals surface area (Å²) in [5.74, 6) is 0. The van der Waals surface area contributed by atoms with Gasteiger partial charge in [-0.3, -0.25) is 0 Å². The molecule has 10 rings (SSSR count). The Morgan fingerprint density at radius 1 is 0.458 bits per heavy atom. The molecule has 7 aromatic carbocycles. The van der Waals surface area contributed by atoms with E-state index < -0.39 is 0 Å². The van der Waals surface area contributed by atoms with Crippen molar-refractivity contribution in [2.45, 2.75) is 19.3 Å². The topological polar surface area (TPSA) is 8.17 Å². The SMILES string of the molecule is CC1(C)c2ccccc2-c2ccc(N(c3ccccc3)c3ccc4c(c3)sc3ccc(-n5c6ccccc6c6ccccc65)cc34)cc21. The van der Waals surface area contributed by atoms with Gasteiger partial charge in [0.05, 0.1) is 11.0 Å². The molecule has 0 bridgehead atoms. The number of aromatic nitrogens is 1. The van der Waals surface area contributed by atoms with Crippen LogP contribution in [0.2, 0.25) is 0 Å². The van der Waals surface area contributed by atoms with E-state index in [0.717, 1.165) is 11.4 Å². The van der Waals surface area contributed by atoms with Crippen LogP contribution in [-0.2, 0) is 5.41 Å². The van der Waals surface area contributed by atoms with Crippen molar-refractivity contribution in [3.63, 3.8) is 0 Å². The van der Waals surface area contributed by atoms with Crippen LogP contribution in [0.5, 0.6) is 0 Å². The summed E-state index contributed by atoms with van der Waals surface area (Å²) in [4.78, 5) is 2.41. The molecule has 1 aliphatic rings. The van der Waals surface area contributed by atoms with Gasteiger partial charge in [0, 0.05) is 59.1 Å². The molecule has 0 spiro atoms. The van der Waals surface area contributed by atoms with Crippen LogP contribution in [0.15, 0.2) is 158 Å². The van der Waals surface area contributed by atoms with E-state index in [-0.39, 0.29) is 5.41 Å². The van der Waals surface area contributed by atoms with Crippen molar-refractivity contribution in [3.8, 4) is 16.8 Å². The maximum absolute atomic E-state index is 2.41. The van der Waals surface area contributed by atoms with Gasteiger partial charge in [-0.05, 0) is 89.0 Å². The van der Waals surface area contributed by atoms with Crippen molar-refractivity contribution in [1.29, 1.82) is 0 Å². The van der Waals surface area contributed by atoms with Gasteiger partial charge in [0.15, 0.2) is 0 Å². The molecule has 0 radical (unpaired) electrons. The van der Waals surface area contributed by atoms with Crippen LogP contribution in [0.1, 0.15) is 25.0 Å². The highest BCUT2D eigenvalue weighted by molar-refractivity contribution is 7.25. The van der Waals surface area contributed by atoms with Gasteiger partial charge in [-0.2, -0.15) is 0 Å². The maximum atomic E-state index is 2.41. The van der Waals surface area contributed by atoms with Gasteiger partial charge in [0.25, 0.3) is 0 Å². The molecule has 2 aromatic heterocycles. The smallest absolute Gasteiger partial charge is 0.0541 e. The molecule has 1 aliphatic carbocycles. The molecule has 0 saturated heterocycles. The summed E-state index contributed by atoms with van der Waals surface area (Å²) >= 11 is 1.87. The van der Waals surface area contributed by atoms with E-state index in [2.05, 4.69) is 181 Å². The Bertz CT molecular complexity index is 2660. The number of anilines is 3. The van der Waals surface area contributed by atoms with Crippen LogP contribution >= 0.6 is 11.3 Å². The monoisotopic (exact) mass is 632 g/mol. The van der Waals surface area contributed by atoms with Crippen LogP contribution in [0.25, 0.3) is 58.8 Å². The number of thiophene rings is 1. The molecule has 228 valence electrons. The summed E-state index contributed by atoms with van der Waals surface area (Å²) in [6, 6.07) is 58.1. The maximum Gasteiger partial charge on any atom is 0.0541 e. The van der Waals surface area contributed by atoms with Crippen molar-refractivity contribution in [3.05, 3.63) is 169 Å². The molecule has 0 saturated carbocycles. The van der Waals surface area contributed by atoms with Crippen LogP contribution in [-0.4, -0.2) is 4.57 Å². The van der Waals surface area contributed by atoms with E-state index in [0.29, 0.717) is 0 Å². The van der Waals surface area contributed by atoms with E-state index in [9.17, 15) is 0 Å². The van der Waals surface area contributed by atoms with E-state index in [1.807, 2.05) is 11.3 Å². The fourth-order valence-electron chi connectivity index (χ4n) is 8.09. The third-order valence-electron chi connectivity index (χ3n) is 10.4. The Morgan fingerprint density at radius 3 is 1.90 bits per heavy atom. The molecular weight excluding hydrogens is 601 g/mol. The lowest BCUT2D eigenvalue weighted by Crippen LogP contribution is -2.16. The number of benzene rings is 7. The molecule has 0 N–H and O–H groups in total. The summed E-state index contributed by atoms with van der Waals surface area (Å²) in [5.41, 5.74) is 12.6. The number of hydrogen-bond acceptors (Lipinski definition) is 2. The molecule has 0 aliphatic heterocycles. The predicted molar refractivity (Wildman–Crippen MR) is 206 cm³/mol. The second kappa shape index (κ2) is 10.2. The van der Waals surface area contributed by atoms with Gasteiger partial charge in [-0.15, -0.1) is 11.3 Å². The van der Waals surface area contributed by atoms with Crippen LogP contribution in [0, 0.1) is 0 Å². The first-order chi connectivity index (χ1) is 23.6. The predicted octanol–water partition coefficient (Wildman–Crippen LogP) is 12.9.